The van der Waals surface area contributed by atoms with E-state index >= 15 is 0 Å². The lowest BCUT2D eigenvalue weighted by Crippen LogP contribution is -2.35. The summed E-state index contributed by atoms with van der Waals surface area (Å²) in [6.07, 6.45) is 1.12. The lowest BCUT2D eigenvalue weighted by molar-refractivity contribution is -0.131. The molecule has 1 aliphatic rings. The second-order valence-corrected chi connectivity index (χ2v) is 7.34. The quantitative estimate of drug-likeness (QED) is 0.688. The minimum absolute atomic E-state index is 0.261. The fourth-order valence-corrected chi connectivity index (χ4v) is 3.11. The van der Waals surface area contributed by atoms with Crippen molar-refractivity contribution in [3.63, 3.8) is 0 Å². The zero-order valence-corrected chi connectivity index (χ0v) is 15.3. The Morgan fingerprint density at radius 3 is 1.61 bits per heavy atom. The molecular formula is C17H14Br2N2O2. The van der Waals surface area contributed by atoms with Crippen molar-refractivity contribution in [3.05, 3.63) is 57.5 Å². The van der Waals surface area contributed by atoms with E-state index in [0.717, 1.165) is 8.95 Å². The third-order valence-corrected chi connectivity index (χ3v) is 4.77. The standard InChI is InChI=1S/C17H14Br2N2O2/c18-11-3-1-5-13(9-11)20-15(22)17(7-8-17)16(23)21-14-6-2-4-12(19)10-14/h1-6,9-10H,7-8H2,(H,20,22)(H,21,23). The molecule has 3 rings (SSSR count). The molecule has 4 nitrogen and oxygen atoms in total. The highest BCUT2D eigenvalue weighted by molar-refractivity contribution is 9.10. The number of amides is 2. The molecular weight excluding hydrogens is 424 g/mol. The second-order valence-electron chi connectivity index (χ2n) is 5.51. The Morgan fingerprint density at radius 2 is 1.26 bits per heavy atom. The summed E-state index contributed by atoms with van der Waals surface area (Å²) in [6.45, 7) is 0. The molecule has 118 valence electrons. The molecule has 1 saturated carbocycles. The number of carbonyl (C=O) groups is 2. The van der Waals surface area contributed by atoms with E-state index in [0.29, 0.717) is 24.2 Å². The van der Waals surface area contributed by atoms with Gasteiger partial charge in [-0.05, 0) is 49.2 Å². The van der Waals surface area contributed by atoms with E-state index in [1.165, 1.54) is 0 Å². The van der Waals surface area contributed by atoms with E-state index in [1.54, 1.807) is 24.3 Å². The minimum atomic E-state index is -0.968. The van der Waals surface area contributed by atoms with Crippen molar-refractivity contribution in [1.82, 2.24) is 0 Å². The van der Waals surface area contributed by atoms with E-state index in [1.807, 2.05) is 24.3 Å². The van der Waals surface area contributed by atoms with Crippen LogP contribution in [0.4, 0.5) is 11.4 Å². The number of halogens is 2. The molecule has 23 heavy (non-hydrogen) atoms. The maximum Gasteiger partial charge on any atom is 0.240 e. The van der Waals surface area contributed by atoms with Crippen LogP contribution in [0.1, 0.15) is 12.8 Å². The van der Waals surface area contributed by atoms with E-state index in [2.05, 4.69) is 42.5 Å². The van der Waals surface area contributed by atoms with Gasteiger partial charge in [-0.15, -0.1) is 0 Å². The molecule has 0 aromatic heterocycles. The van der Waals surface area contributed by atoms with Gasteiger partial charge in [0.1, 0.15) is 5.41 Å². The molecule has 6 heteroatoms. The highest BCUT2D eigenvalue weighted by Gasteiger charge is 2.56. The minimum Gasteiger partial charge on any atom is -0.325 e. The van der Waals surface area contributed by atoms with Crippen LogP contribution in [0.2, 0.25) is 0 Å². The number of rotatable bonds is 4. The van der Waals surface area contributed by atoms with Gasteiger partial charge in [-0.1, -0.05) is 44.0 Å². The van der Waals surface area contributed by atoms with Crippen LogP contribution in [0.5, 0.6) is 0 Å². The summed E-state index contributed by atoms with van der Waals surface area (Å²) in [6, 6.07) is 14.6. The molecule has 0 bridgehead atoms. The Bertz CT molecular complexity index is 711. The summed E-state index contributed by atoms with van der Waals surface area (Å²) >= 11 is 6.73. The summed E-state index contributed by atoms with van der Waals surface area (Å²) in [5.74, 6) is -0.522. The molecule has 1 fully saturated rings. The van der Waals surface area contributed by atoms with Crippen LogP contribution < -0.4 is 10.6 Å². The van der Waals surface area contributed by atoms with Crippen molar-refractivity contribution in [3.8, 4) is 0 Å². The van der Waals surface area contributed by atoms with Gasteiger partial charge in [-0.3, -0.25) is 9.59 Å². The van der Waals surface area contributed by atoms with Crippen molar-refractivity contribution >= 4 is 55.0 Å². The number of benzene rings is 2. The number of carbonyl (C=O) groups excluding carboxylic acids is 2. The van der Waals surface area contributed by atoms with Crippen LogP contribution in [0.3, 0.4) is 0 Å². The Morgan fingerprint density at radius 1 is 0.826 bits per heavy atom. The highest BCUT2D eigenvalue weighted by atomic mass is 79.9. The Labute approximate surface area is 150 Å². The predicted molar refractivity (Wildman–Crippen MR) is 97.2 cm³/mol. The molecule has 0 saturated heterocycles. The van der Waals surface area contributed by atoms with Gasteiger partial charge in [0.25, 0.3) is 0 Å². The zero-order chi connectivity index (χ0) is 16.4. The third-order valence-electron chi connectivity index (χ3n) is 3.78. The molecule has 2 aromatic carbocycles. The molecule has 0 heterocycles. The van der Waals surface area contributed by atoms with Crippen LogP contribution in [0.15, 0.2) is 57.5 Å². The van der Waals surface area contributed by atoms with Gasteiger partial charge in [0.15, 0.2) is 0 Å². The van der Waals surface area contributed by atoms with Crippen LogP contribution >= 0.6 is 31.9 Å². The molecule has 1 aliphatic carbocycles. The first-order valence-corrected chi connectivity index (χ1v) is 8.72. The van der Waals surface area contributed by atoms with E-state index in [-0.39, 0.29) is 11.8 Å². The summed E-state index contributed by atoms with van der Waals surface area (Å²) < 4.78 is 1.75. The van der Waals surface area contributed by atoms with Crippen LogP contribution in [-0.4, -0.2) is 11.8 Å². The summed E-state index contributed by atoms with van der Waals surface area (Å²) in [4.78, 5) is 25.0. The molecule has 2 N–H and O–H groups in total. The number of hydrogen-bond acceptors (Lipinski definition) is 2. The third kappa shape index (κ3) is 3.64. The number of anilines is 2. The fraction of sp³-hybridized carbons (Fsp3) is 0.176. The van der Waals surface area contributed by atoms with Crippen molar-refractivity contribution < 1.29 is 9.59 Å². The Kier molecular flexibility index (Phi) is 4.55. The molecule has 0 aliphatic heterocycles. The average molecular weight is 438 g/mol. The maximum atomic E-state index is 12.5. The number of hydrogen-bond donors (Lipinski definition) is 2. The van der Waals surface area contributed by atoms with Gasteiger partial charge in [0.2, 0.25) is 11.8 Å². The molecule has 2 amide bonds. The average Bonchev–Trinajstić information content (AvgIpc) is 3.29. The van der Waals surface area contributed by atoms with Gasteiger partial charge in [0.05, 0.1) is 0 Å². The van der Waals surface area contributed by atoms with Crippen molar-refractivity contribution in [1.29, 1.82) is 0 Å². The summed E-state index contributed by atoms with van der Waals surface area (Å²) in [5.41, 5.74) is 0.377. The molecule has 0 spiro atoms. The topological polar surface area (TPSA) is 58.2 Å². The second kappa shape index (κ2) is 6.45. The maximum absolute atomic E-state index is 12.5. The Hall–Kier alpha value is -1.66. The zero-order valence-electron chi connectivity index (χ0n) is 12.1. The lowest BCUT2D eigenvalue weighted by atomic mass is 10.0. The first kappa shape index (κ1) is 16.2. The van der Waals surface area contributed by atoms with Crippen molar-refractivity contribution in [2.24, 2.45) is 5.41 Å². The molecule has 0 radical (unpaired) electrons. The van der Waals surface area contributed by atoms with Gasteiger partial charge in [-0.25, -0.2) is 0 Å². The van der Waals surface area contributed by atoms with Gasteiger partial charge in [-0.2, -0.15) is 0 Å². The lowest BCUT2D eigenvalue weighted by Gasteiger charge is -2.15. The van der Waals surface area contributed by atoms with Gasteiger partial charge >= 0.3 is 0 Å². The van der Waals surface area contributed by atoms with Crippen LogP contribution in [0, 0.1) is 5.41 Å². The first-order chi connectivity index (χ1) is 11.0. The molecule has 2 aromatic rings. The highest BCUT2D eigenvalue weighted by Crippen LogP contribution is 2.47. The summed E-state index contributed by atoms with van der Waals surface area (Å²) in [5, 5.41) is 5.65. The van der Waals surface area contributed by atoms with Crippen molar-refractivity contribution in [2.45, 2.75) is 12.8 Å². The van der Waals surface area contributed by atoms with Gasteiger partial charge < -0.3 is 10.6 Å². The van der Waals surface area contributed by atoms with E-state index in [9.17, 15) is 9.59 Å². The predicted octanol–water partition coefficient (Wildman–Crippen LogP) is 4.57. The van der Waals surface area contributed by atoms with Crippen LogP contribution in [-0.2, 0) is 9.59 Å². The normalized spacial score (nSPS) is 14.9. The summed E-state index contributed by atoms with van der Waals surface area (Å²) in [7, 11) is 0. The largest absolute Gasteiger partial charge is 0.325 e. The van der Waals surface area contributed by atoms with Gasteiger partial charge in [0, 0.05) is 20.3 Å². The smallest absolute Gasteiger partial charge is 0.240 e. The number of nitrogens with one attached hydrogen (secondary N) is 2. The van der Waals surface area contributed by atoms with Crippen molar-refractivity contribution in [2.75, 3.05) is 10.6 Å². The van der Waals surface area contributed by atoms with Crippen LogP contribution in [0.25, 0.3) is 0 Å². The SMILES string of the molecule is O=C(Nc1cccc(Br)c1)C1(C(=O)Nc2cccc(Br)c2)CC1. The first-order valence-electron chi connectivity index (χ1n) is 7.14. The van der Waals surface area contributed by atoms with E-state index in [4.69, 9.17) is 0 Å². The molecule has 0 unspecified atom stereocenters. The fourth-order valence-electron chi connectivity index (χ4n) is 2.32. The Balaban J connectivity index is 1.71. The monoisotopic (exact) mass is 436 g/mol. The molecule has 0 atom stereocenters. The van der Waals surface area contributed by atoms with E-state index < -0.39 is 5.41 Å².